The zero-order chi connectivity index (χ0) is 21.6. The first kappa shape index (κ1) is 21.2. The summed E-state index contributed by atoms with van der Waals surface area (Å²) >= 11 is 0. The molecule has 1 N–H and O–H groups in total. The summed E-state index contributed by atoms with van der Waals surface area (Å²) in [4.78, 5) is 29.4. The molecule has 1 fully saturated rings. The maximum absolute atomic E-state index is 13.2. The van der Waals surface area contributed by atoms with Crippen LogP contribution in [0.3, 0.4) is 0 Å². The molecule has 2 amide bonds. The highest BCUT2D eigenvalue weighted by Crippen LogP contribution is 2.23. The zero-order valence-corrected chi connectivity index (χ0v) is 17.6. The predicted molar refractivity (Wildman–Crippen MR) is 119 cm³/mol. The second-order valence-electron chi connectivity index (χ2n) is 8.11. The van der Waals surface area contributed by atoms with Crippen molar-refractivity contribution in [1.29, 1.82) is 0 Å². The number of amides is 2. The monoisotopic (exact) mass is 421 g/mol. The van der Waals surface area contributed by atoms with E-state index in [1.807, 2.05) is 29.2 Å². The molecule has 1 atom stereocenters. The Morgan fingerprint density at radius 3 is 2.55 bits per heavy atom. The van der Waals surface area contributed by atoms with Crippen LogP contribution < -0.4 is 5.32 Å². The Morgan fingerprint density at radius 1 is 1.06 bits per heavy atom. The number of carbonyl (C=O) groups excluding carboxylic acids is 2. The molecule has 31 heavy (non-hydrogen) atoms. The summed E-state index contributed by atoms with van der Waals surface area (Å²) in [7, 11) is 0. The lowest BCUT2D eigenvalue weighted by Gasteiger charge is -2.36. The first-order valence-corrected chi connectivity index (χ1v) is 10.9. The maximum atomic E-state index is 13.2. The molecule has 5 nitrogen and oxygen atoms in total. The van der Waals surface area contributed by atoms with Crippen molar-refractivity contribution in [2.24, 2.45) is 0 Å². The van der Waals surface area contributed by atoms with Crippen LogP contribution in [0.5, 0.6) is 0 Å². The third-order valence-electron chi connectivity index (χ3n) is 6.12. The van der Waals surface area contributed by atoms with Crippen LogP contribution in [0, 0.1) is 5.82 Å². The fourth-order valence-electron chi connectivity index (χ4n) is 4.29. The standard InChI is InChI=1S/C25H28FN3O2/c26-22-8-6-20(7-9-22)21-11-15-29(16-12-21)24(30)18-23-25(31)27-13-17-28(23)14-10-19-4-2-1-3-5-19/h1-9,11,23H,10,12-18H2,(H,27,31)/t23-/m1/s1. The molecular formula is C25H28FN3O2. The van der Waals surface area contributed by atoms with E-state index in [1.54, 1.807) is 12.1 Å². The van der Waals surface area contributed by atoms with E-state index in [9.17, 15) is 14.0 Å². The lowest BCUT2D eigenvalue weighted by Crippen LogP contribution is -2.57. The number of benzene rings is 2. The summed E-state index contributed by atoms with van der Waals surface area (Å²) in [5, 5.41) is 2.91. The molecule has 2 heterocycles. The normalized spacial score (nSPS) is 19.6. The molecule has 0 unspecified atom stereocenters. The topological polar surface area (TPSA) is 52.7 Å². The SMILES string of the molecule is O=C1NCCN(CCc2ccccc2)[C@@H]1CC(=O)N1CC=C(c2ccc(F)cc2)CC1. The molecule has 2 aromatic carbocycles. The molecule has 2 aliphatic heterocycles. The van der Waals surface area contributed by atoms with Gasteiger partial charge in [0.05, 0.1) is 12.5 Å². The summed E-state index contributed by atoms with van der Waals surface area (Å²) in [6.45, 7) is 3.26. The van der Waals surface area contributed by atoms with Gasteiger partial charge in [0.25, 0.3) is 0 Å². The number of nitrogens with zero attached hydrogens (tertiary/aromatic N) is 2. The van der Waals surface area contributed by atoms with Gasteiger partial charge in [0, 0.05) is 32.7 Å². The van der Waals surface area contributed by atoms with Gasteiger partial charge in [0.15, 0.2) is 0 Å². The molecule has 0 saturated carbocycles. The highest BCUT2D eigenvalue weighted by Gasteiger charge is 2.33. The van der Waals surface area contributed by atoms with Crippen LogP contribution >= 0.6 is 0 Å². The predicted octanol–water partition coefficient (Wildman–Crippen LogP) is 2.87. The number of carbonyl (C=O) groups is 2. The van der Waals surface area contributed by atoms with E-state index in [-0.39, 0.29) is 24.1 Å². The molecule has 0 bridgehead atoms. The number of hydrogen-bond donors (Lipinski definition) is 1. The number of halogens is 1. The molecule has 2 aromatic rings. The fourth-order valence-corrected chi connectivity index (χ4v) is 4.29. The first-order chi connectivity index (χ1) is 15.1. The Hall–Kier alpha value is -2.99. The van der Waals surface area contributed by atoms with Gasteiger partial charge in [-0.1, -0.05) is 48.5 Å². The molecule has 1 saturated heterocycles. The van der Waals surface area contributed by atoms with E-state index in [2.05, 4.69) is 22.3 Å². The molecule has 6 heteroatoms. The van der Waals surface area contributed by atoms with E-state index < -0.39 is 6.04 Å². The van der Waals surface area contributed by atoms with Crippen LogP contribution in [0.15, 0.2) is 60.7 Å². The largest absolute Gasteiger partial charge is 0.353 e. The zero-order valence-electron chi connectivity index (χ0n) is 17.6. The lowest BCUT2D eigenvalue weighted by atomic mass is 9.99. The van der Waals surface area contributed by atoms with Crippen LogP contribution in [-0.4, -0.2) is 60.4 Å². The molecule has 0 aromatic heterocycles. The highest BCUT2D eigenvalue weighted by molar-refractivity contribution is 5.89. The van der Waals surface area contributed by atoms with Gasteiger partial charge in [-0.3, -0.25) is 14.5 Å². The Labute approximate surface area is 182 Å². The van der Waals surface area contributed by atoms with Gasteiger partial charge in [-0.05, 0) is 41.7 Å². The smallest absolute Gasteiger partial charge is 0.237 e. The van der Waals surface area contributed by atoms with E-state index in [0.717, 1.165) is 37.1 Å². The van der Waals surface area contributed by atoms with Crippen molar-refractivity contribution in [2.75, 3.05) is 32.7 Å². The number of hydrogen-bond acceptors (Lipinski definition) is 3. The average molecular weight is 422 g/mol. The molecular weight excluding hydrogens is 393 g/mol. The Bertz CT molecular complexity index is 943. The summed E-state index contributed by atoms with van der Waals surface area (Å²) in [6, 6.07) is 16.2. The molecule has 2 aliphatic rings. The van der Waals surface area contributed by atoms with Crippen molar-refractivity contribution in [3.63, 3.8) is 0 Å². The van der Waals surface area contributed by atoms with Crippen LogP contribution in [0.25, 0.3) is 5.57 Å². The van der Waals surface area contributed by atoms with Gasteiger partial charge in [0.2, 0.25) is 11.8 Å². The molecule has 162 valence electrons. The average Bonchev–Trinajstić information content (AvgIpc) is 2.81. The van der Waals surface area contributed by atoms with Gasteiger partial charge in [-0.2, -0.15) is 0 Å². The Kier molecular flexibility index (Phi) is 6.77. The van der Waals surface area contributed by atoms with E-state index in [4.69, 9.17) is 0 Å². The number of rotatable bonds is 6. The van der Waals surface area contributed by atoms with Crippen LogP contribution in [0.1, 0.15) is 24.0 Å². The minimum Gasteiger partial charge on any atom is -0.353 e. The van der Waals surface area contributed by atoms with Crippen molar-refractivity contribution in [2.45, 2.75) is 25.3 Å². The van der Waals surface area contributed by atoms with Crippen molar-refractivity contribution < 1.29 is 14.0 Å². The van der Waals surface area contributed by atoms with E-state index in [0.29, 0.717) is 19.6 Å². The van der Waals surface area contributed by atoms with Gasteiger partial charge in [-0.15, -0.1) is 0 Å². The molecule has 4 rings (SSSR count). The molecule has 0 radical (unpaired) electrons. The first-order valence-electron chi connectivity index (χ1n) is 10.9. The number of piperazine rings is 1. The van der Waals surface area contributed by atoms with Crippen LogP contribution in [0.4, 0.5) is 4.39 Å². The van der Waals surface area contributed by atoms with Crippen molar-refractivity contribution in [3.05, 3.63) is 77.6 Å². The van der Waals surface area contributed by atoms with Crippen molar-refractivity contribution in [1.82, 2.24) is 15.1 Å². The minimum atomic E-state index is -0.424. The minimum absolute atomic E-state index is 0.00108. The van der Waals surface area contributed by atoms with Gasteiger partial charge in [0.1, 0.15) is 5.82 Å². The van der Waals surface area contributed by atoms with Gasteiger partial charge >= 0.3 is 0 Å². The van der Waals surface area contributed by atoms with Crippen LogP contribution in [0.2, 0.25) is 0 Å². The third kappa shape index (κ3) is 5.39. The summed E-state index contributed by atoms with van der Waals surface area (Å²) in [5.41, 5.74) is 3.35. The van der Waals surface area contributed by atoms with Gasteiger partial charge < -0.3 is 10.2 Å². The fraction of sp³-hybridized carbons (Fsp3) is 0.360. The maximum Gasteiger partial charge on any atom is 0.237 e. The van der Waals surface area contributed by atoms with Crippen molar-refractivity contribution in [3.8, 4) is 0 Å². The summed E-state index contributed by atoms with van der Waals surface area (Å²) < 4.78 is 13.2. The van der Waals surface area contributed by atoms with Gasteiger partial charge in [-0.25, -0.2) is 4.39 Å². The summed E-state index contributed by atoms with van der Waals surface area (Å²) in [6.07, 6.45) is 3.81. The quantitative estimate of drug-likeness (QED) is 0.781. The Balaban J connectivity index is 1.35. The second kappa shape index (κ2) is 9.88. The number of nitrogens with one attached hydrogen (secondary N) is 1. The molecule has 0 aliphatic carbocycles. The van der Waals surface area contributed by atoms with Crippen molar-refractivity contribution >= 4 is 17.4 Å². The molecule has 0 spiro atoms. The highest BCUT2D eigenvalue weighted by atomic mass is 19.1. The summed E-state index contributed by atoms with van der Waals surface area (Å²) in [5.74, 6) is -0.312. The Morgan fingerprint density at radius 2 is 1.84 bits per heavy atom. The second-order valence-corrected chi connectivity index (χ2v) is 8.11. The third-order valence-corrected chi connectivity index (χ3v) is 6.12. The van der Waals surface area contributed by atoms with Crippen LogP contribution in [-0.2, 0) is 16.0 Å². The lowest BCUT2D eigenvalue weighted by molar-refractivity contribution is -0.138. The van der Waals surface area contributed by atoms with E-state index >= 15 is 0 Å². The van der Waals surface area contributed by atoms with E-state index in [1.165, 1.54) is 17.7 Å².